The van der Waals surface area contributed by atoms with Gasteiger partial charge in [0.2, 0.25) is 11.5 Å². The van der Waals surface area contributed by atoms with Crippen molar-refractivity contribution >= 4 is 29.8 Å². The van der Waals surface area contributed by atoms with E-state index in [1.165, 1.54) is 25.1 Å². The topological polar surface area (TPSA) is 161 Å². The molecule has 0 unspecified atom stereocenters. The van der Waals surface area contributed by atoms with Gasteiger partial charge in [0.15, 0.2) is 23.0 Å². The van der Waals surface area contributed by atoms with Gasteiger partial charge in [0.05, 0.1) is 0 Å². The van der Waals surface area contributed by atoms with Crippen molar-refractivity contribution in [1.29, 1.82) is 0 Å². The summed E-state index contributed by atoms with van der Waals surface area (Å²) in [5, 5.41) is 11.7. The van der Waals surface area contributed by atoms with Gasteiger partial charge >= 0.3 is 29.8 Å². The maximum Gasteiger partial charge on any atom is 0.308 e. The highest BCUT2D eigenvalue weighted by atomic mass is 16.6. The van der Waals surface area contributed by atoms with Crippen molar-refractivity contribution in [3.63, 3.8) is 0 Å². The molecule has 12 nitrogen and oxygen atoms in total. The van der Waals surface area contributed by atoms with Crippen molar-refractivity contribution < 1.29 is 57.5 Å². The summed E-state index contributed by atoms with van der Waals surface area (Å²) in [6.07, 6.45) is -0.0989. The summed E-state index contributed by atoms with van der Waals surface area (Å²) in [6, 6.07) is 4.32. The summed E-state index contributed by atoms with van der Waals surface area (Å²) in [7, 11) is 0. The summed E-state index contributed by atoms with van der Waals surface area (Å²) in [6.45, 7) is 5.43. The van der Waals surface area contributed by atoms with Gasteiger partial charge in [0, 0.05) is 58.1 Å². The number of benzene rings is 2. The number of aliphatic hydroxyl groups is 1. The molecule has 0 fully saturated rings. The van der Waals surface area contributed by atoms with Crippen molar-refractivity contribution in [2.75, 3.05) is 6.61 Å². The van der Waals surface area contributed by atoms with Crippen molar-refractivity contribution in [2.24, 2.45) is 0 Å². The Bertz CT molecular complexity index is 1390. The molecule has 1 heterocycles. The molecule has 0 amide bonds. The van der Waals surface area contributed by atoms with E-state index in [4.69, 9.17) is 28.4 Å². The van der Waals surface area contributed by atoms with Crippen molar-refractivity contribution in [1.82, 2.24) is 0 Å². The van der Waals surface area contributed by atoms with Crippen molar-refractivity contribution in [3.8, 4) is 34.5 Å². The van der Waals surface area contributed by atoms with Crippen molar-refractivity contribution in [3.05, 3.63) is 34.9 Å². The lowest BCUT2D eigenvalue weighted by Gasteiger charge is -2.37. The normalized spacial score (nSPS) is 18.6. The first-order valence-electron chi connectivity index (χ1n) is 11.4. The second kappa shape index (κ2) is 9.78. The van der Waals surface area contributed by atoms with Crippen LogP contribution >= 0.6 is 0 Å². The van der Waals surface area contributed by atoms with Crippen molar-refractivity contribution in [2.45, 2.75) is 52.6 Å². The molecule has 1 aliphatic carbocycles. The maximum absolute atomic E-state index is 12.0. The third-order valence-corrected chi connectivity index (χ3v) is 5.80. The van der Waals surface area contributed by atoms with Gasteiger partial charge in [-0.2, -0.15) is 0 Å². The largest absolute Gasteiger partial charge is 0.486 e. The van der Waals surface area contributed by atoms with Gasteiger partial charge in [0.1, 0.15) is 12.2 Å². The van der Waals surface area contributed by atoms with Crippen LogP contribution in [0.3, 0.4) is 0 Å². The lowest BCUT2D eigenvalue weighted by atomic mass is 9.80. The van der Waals surface area contributed by atoms with Gasteiger partial charge in [-0.25, -0.2) is 0 Å². The summed E-state index contributed by atoms with van der Waals surface area (Å²) < 4.78 is 32.3. The van der Waals surface area contributed by atoms with Crippen LogP contribution in [0.2, 0.25) is 0 Å². The quantitative estimate of drug-likeness (QED) is 0.445. The lowest BCUT2D eigenvalue weighted by Crippen LogP contribution is -2.44. The van der Waals surface area contributed by atoms with E-state index >= 15 is 0 Å². The first-order chi connectivity index (χ1) is 17.8. The third-order valence-electron chi connectivity index (χ3n) is 5.80. The SMILES string of the molecule is CC(=O)Oc1ccc2c(c1OC(C)=O)OC[C@@]1(O)Cc3c(cc(OC(C)=O)c(OC(C)=O)c3OC(C)=O)[C@@H]21. The number of ether oxygens (including phenoxy) is 6. The minimum Gasteiger partial charge on any atom is -0.486 e. The number of rotatable bonds is 5. The van der Waals surface area contributed by atoms with Crippen LogP contribution in [0.15, 0.2) is 18.2 Å². The summed E-state index contributed by atoms with van der Waals surface area (Å²) in [4.78, 5) is 59.2. The van der Waals surface area contributed by atoms with E-state index in [0.717, 1.165) is 27.7 Å². The highest BCUT2D eigenvalue weighted by Gasteiger charge is 2.53. The molecular formula is C26H24O12. The Balaban J connectivity index is 1.99. The standard InChI is InChI=1S/C26H24O12/c1-11(27)34-19-7-6-16-21-17-8-20(35-12(2)28)25(38-15(5)31)23(36-13(3)29)18(17)9-26(21,32)10-33-22(16)24(19)37-14(4)30/h6-8,21,32H,9-10H2,1-5H3/t21-,26+/m1/s1. The number of esters is 5. The molecule has 0 radical (unpaired) electrons. The van der Waals surface area contributed by atoms with Crippen LogP contribution in [-0.4, -0.2) is 47.2 Å². The van der Waals surface area contributed by atoms with E-state index < -0.39 is 41.4 Å². The van der Waals surface area contributed by atoms with Crippen LogP contribution in [0.5, 0.6) is 34.5 Å². The van der Waals surface area contributed by atoms with Crippen LogP contribution in [0.25, 0.3) is 0 Å². The molecule has 0 saturated carbocycles. The Kier molecular flexibility index (Phi) is 6.85. The Morgan fingerprint density at radius 2 is 1.26 bits per heavy atom. The molecule has 0 spiro atoms. The van der Waals surface area contributed by atoms with Gasteiger partial charge in [-0.1, -0.05) is 6.07 Å². The average Bonchev–Trinajstić information content (AvgIpc) is 3.08. The number of fused-ring (bicyclic) bond motifs is 5. The fourth-order valence-corrected chi connectivity index (χ4v) is 4.73. The highest BCUT2D eigenvalue weighted by Crippen LogP contribution is 2.59. The molecule has 38 heavy (non-hydrogen) atoms. The predicted molar refractivity (Wildman–Crippen MR) is 125 cm³/mol. The van der Waals surface area contributed by atoms with E-state index in [0.29, 0.717) is 16.7 Å². The molecule has 2 aliphatic rings. The number of hydrogen-bond acceptors (Lipinski definition) is 12. The number of hydrogen-bond donors (Lipinski definition) is 1. The zero-order chi connectivity index (χ0) is 27.9. The maximum atomic E-state index is 12.0. The summed E-state index contributed by atoms with van der Waals surface area (Å²) >= 11 is 0. The Hall–Kier alpha value is -4.45. The van der Waals surface area contributed by atoms with Gasteiger partial charge in [0.25, 0.3) is 0 Å². The highest BCUT2D eigenvalue weighted by molar-refractivity contribution is 5.81. The van der Waals surface area contributed by atoms with Gasteiger partial charge in [-0.15, -0.1) is 0 Å². The van der Waals surface area contributed by atoms with E-state index in [2.05, 4.69) is 0 Å². The molecule has 2 aromatic rings. The monoisotopic (exact) mass is 528 g/mol. The summed E-state index contributed by atoms with van der Waals surface area (Å²) in [5.41, 5.74) is -0.542. The molecule has 0 aromatic heterocycles. The molecule has 1 aliphatic heterocycles. The minimum absolute atomic E-state index is 0.0496. The van der Waals surface area contributed by atoms with E-state index in [1.54, 1.807) is 0 Å². The molecule has 12 heteroatoms. The first kappa shape index (κ1) is 26.6. The Labute approximate surface area is 216 Å². The zero-order valence-electron chi connectivity index (χ0n) is 21.2. The van der Waals surface area contributed by atoms with Crippen LogP contribution in [0.4, 0.5) is 0 Å². The molecular weight excluding hydrogens is 504 g/mol. The van der Waals surface area contributed by atoms with Crippen LogP contribution in [-0.2, 0) is 30.4 Å². The molecule has 2 aromatic carbocycles. The minimum atomic E-state index is -1.59. The average molecular weight is 528 g/mol. The molecule has 0 bridgehead atoms. The second-order valence-electron chi connectivity index (χ2n) is 8.88. The van der Waals surface area contributed by atoms with E-state index in [1.807, 2.05) is 0 Å². The fraction of sp³-hybridized carbons (Fsp3) is 0.346. The Morgan fingerprint density at radius 1 is 0.737 bits per heavy atom. The first-order valence-corrected chi connectivity index (χ1v) is 11.4. The lowest BCUT2D eigenvalue weighted by molar-refractivity contribution is -0.135. The molecule has 2 atom stereocenters. The van der Waals surface area contributed by atoms with Gasteiger partial charge in [-0.05, 0) is 17.7 Å². The molecule has 0 saturated heterocycles. The Morgan fingerprint density at radius 3 is 1.84 bits per heavy atom. The van der Waals surface area contributed by atoms with Crippen LogP contribution < -0.4 is 28.4 Å². The van der Waals surface area contributed by atoms with Crippen LogP contribution in [0, 0.1) is 0 Å². The van der Waals surface area contributed by atoms with Gasteiger partial charge < -0.3 is 33.5 Å². The molecule has 200 valence electrons. The van der Waals surface area contributed by atoms with Gasteiger partial charge in [-0.3, -0.25) is 24.0 Å². The number of carbonyl (C=O) groups is 5. The second-order valence-corrected chi connectivity index (χ2v) is 8.88. The van der Waals surface area contributed by atoms with Crippen LogP contribution in [0.1, 0.15) is 57.2 Å². The van der Waals surface area contributed by atoms with E-state index in [9.17, 15) is 29.1 Å². The predicted octanol–water partition coefficient (Wildman–Crippen LogP) is 2.12. The molecule has 1 N–H and O–H groups in total. The zero-order valence-corrected chi connectivity index (χ0v) is 21.2. The fourth-order valence-electron chi connectivity index (χ4n) is 4.73. The van der Waals surface area contributed by atoms with E-state index in [-0.39, 0.29) is 47.5 Å². The third kappa shape index (κ3) is 4.90. The summed E-state index contributed by atoms with van der Waals surface area (Å²) in [5.74, 6) is -5.35. The smallest absolute Gasteiger partial charge is 0.308 e. The number of carbonyl (C=O) groups excluding carboxylic acids is 5. The molecule has 4 rings (SSSR count).